The fourth-order valence-corrected chi connectivity index (χ4v) is 3.32. The molecule has 1 heterocycles. The first-order chi connectivity index (χ1) is 10.2. The van der Waals surface area contributed by atoms with Gasteiger partial charge in [-0.1, -0.05) is 0 Å². The molecule has 0 spiro atoms. The van der Waals surface area contributed by atoms with E-state index in [4.69, 9.17) is 4.74 Å². The Morgan fingerprint density at radius 3 is 2.81 bits per heavy atom. The molecule has 0 amide bonds. The Balaban J connectivity index is 1.88. The maximum Gasteiger partial charge on any atom is 0.0697 e. The standard InChI is InChI=1S/C16H30N4O/c1-17-8-9-20(2)11-15-10-18-19-16(15)14-6-4-13(5-7-14)12-21-3/h10,13-14,17H,4-9,11-12H2,1-3H3,(H,18,19)/t13-,14-. The van der Waals surface area contributed by atoms with Gasteiger partial charge in [0.05, 0.1) is 5.69 Å². The van der Waals surface area contributed by atoms with E-state index in [0.717, 1.165) is 32.2 Å². The lowest BCUT2D eigenvalue weighted by Gasteiger charge is -2.28. The molecule has 1 saturated carbocycles. The van der Waals surface area contributed by atoms with Gasteiger partial charge in [0.1, 0.15) is 0 Å². The summed E-state index contributed by atoms with van der Waals surface area (Å²) in [5.74, 6) is 1.36. The molecule has 0 aromatic carbocycles. The van der Waals surface area contributed by atoms with Gasteiger partial charge in [0.15, 0.2) is 0 Å². The molecule has 1 aromatic heterocycles. The van der Waals surface area contributed by atoms with Crippen LogP contribution < -0.4 is 5.32 Å². The number of aromatic amines is 1. The van der Waals surface area contributed by atoms with Crippen molar-refractivity contribution in [2.24, 2.45) is 5.92 Å². The topological polar surface area (TPSA) is 53.2 Å². The van der Waals surface area contributed by atoms with Gasteiger partial charge in [-0.05, 0) is 45.7 Å². The van der Waals surface area contributed by atoms with Crippen molar-refractivity contribution in [3.63, 3.8) is 0 Å². The molecule has 0 bridgehead atoms. The summed E-state index contributed by atoms with van der Waals surface area (Å²) in [7, 11) is 5.97. The predicted molar refractivity (Wildman–Crippen MR) is 85.4 cm³/mol. The van der Waals surface area contributed by atoms with Crippen LogP contribution >= 0.6 is 0 Å². The number of H-pyrrole nitrogens is 1. The Hall–Kier alpha value is -0.910. The molecular formula is C16H30N4O. The average molecular weight is 294 g/mol. The smallest absolute Gasteiger partial charge is 0.0697 e. The molecule has 21 heavy (non-hydrogen) atoms. The molecule has 5 heteroatoms. The molecule has 1 aliphatic rings. The minimum absolute atomic E-state index is 0.622. The van der Waals surface area contributed by atoms with Crippen LogP contribution in [0.3, 0.4) is 0 Å². The van der Waals surface area contributed by atoms with Crippen molar-refractivity contribution in [3.8, 4) is 0 Å². The van der Waals surface area contributed by atoms with E-state index in [0.29, 0.717) is 5.92 Å². The molecule has 0 radical (unpaired) electrons. The van der Waals surface area contributed by atoms with Crippen LogP contribution in [0.2, 0.25) is 0 Å². The first-order valence-electron chi connectivity index (χ1n) is 8.09. The second kappa shape index (κ2) is 8.51. The van der Waals surface area contributed by atoms with Crippen molar-refractivity contribution in [3.05, 3.63) is 17.5 Å². The second-order valence-electron chi connectivity index (χ2n) is 6.31. The first-order valence-corrected chi connectivity index (χ1v) is 8.09. The maximum atomic E-state index is 5.29. The summed E-state index contributed by atoms with van der Waals surface area (Å²) in [4.78, 5) is 2.35. The lowest BCUT2D eigenvalue weighted by Crippen LogP contribution is -2.27. The zero-order chi connectivity index (χ0) is 15.1. The summed E-state index contributed by atoms with van der Waals surface area (Å²) in [6.07, 6.45) is 7.09. The highest BCUT2D eigenvalue weighted by molar-refractivity contribution is 5.21. The number of nitrogens with zero attached hydrogens (tertiary/aromatic N) is 2. The summed E-state index contributed by atoms with van der Waals surface area (Å²) in [5, 5.41) is 10.8. The van der Waals surface area contributed by atoms with Gasteiger partial charge in [-0.15, -0.1) is 0 Å². The Bertz CT molecular complexity index is 399. The third-order valence-corrected chi connectivity index (χ3v) is 4.57. The zero-order valence-corrected chi connectivity index (χ0v) is 13.7. The Kier molecular flexibility index (Phi) is 6.67. The molecule has 0 unspecified atom stereocenters. The van der Waals surface area contributed by atoms with Gasteiger partial charge < -0.3 is 15.0 Å². The third-order valence-electron chi connectivity index (χ3n) is 4.57. The number of rotatable bonds is 8. The van der Waals surface area contributed by atoms with E-state index in [9.17, 15) is 0 Å². The van der Waals surface area contributed by atoms with Gasteiger partial charge in [-0.25, -0.2) is 0 Å². The average Bonchev–Trinajstić information content (AvgIpc) is 2.94. The summed E-state index contributed by atoms with van der Waals surface area (Å²) >= 11 is 0. The number of nitrogens with one attached hydrogen (secondary N) is 2. The maximum absolute atomic E-state index is 5.29. The van der Waals surface area contributed by atoms with Crippen LogP contribution in [0.25, 0.3) is 0 Å². The van der Waals surface area contributed by atoms with Gasteiger partial charge in [0.25, 0.3) is 0 Å². The highest BCUT2D eigenvalue weighted by atomic mass is 16.5. The first kappa shape index (κ1) is 16.5. The van der Waals surface area contributed by atoms with Gasteiger partial charge in [0.2, 0.25) is 0 Å². The lowest BCUT2D eigenvalue weighted by atomic mass is 9.80. The molecular weight excluding hydrogens is 264 g/mol. The molecule has 120 valence electrons. The van der Waals surface area contributed by atoms with Crippen LogP contribution in [-0.2, 0) is 11.3 Å². The fourth-order valence-electron chi connectivity index (χ4n) is 3.32. The van der Waals surface area contributed by atoms with Crippen molar-refractivity contribution < 1.29 is 4.74 Å². The van der Waals surface area contributed by atoms with E-state index in [1.54, 1.807) is 7.11 Å². The number of hydrogen-bond donors (Lipinski definition) is 2. The van der Waals surface area contributed by atoms with Gasteiger partial charge in [-0.2, -0.15) is 5.10 Å². The minimum Gasteiger partial charge on any atom is -0.384 e. The van der Waals surface area contributed by atoms with Crippen LogP contribution in [0, 0.1) is 5.92 Å². The molecule has 5 nitrogen and oxygen atoms in total. The van der Waals surface area contributed by atoms with E-state index < -0.39 is 0 Å². The van der Waals surface area contributed by atoms with Crippen molar-refractivity contribution >= 4 is 0 Å². The van der Waals surface area contributed by atoms with Crippen molar-refractivity contribution in [2.75, 3.05) is 40.9 Å². The molecule has 1 aliphatic carbocycles. The molecule has 1 fully saturated rings. The summed E-state index contributed by atoms with van der Waals surface area (Å²) in [6, 6.07) is 0. The van der Waals surface area contributed by atoms with Crippen molar-refractivity contribution in [1.29, 1.82) is 0 Å². The summed E-state index contributed by atoms with van der Waals surface area (Å²) < 4.78 is 5.29. The Morgan fingerprint density at radius 2 is 2.14 bits per heavy atom. The monoisotopic (exact) mass is 294 g/mol. The highest BCUT2D eigenvalue weighted by Gasteiger charge is 2.25. The quantitative estimate of drug-likeness (QED) is 0.770. The summed E-state index contributed by atoms with van der Waals surface area (Å²) in [6.45, 7) is 3.96. The van der Waals surface area contributed by atoms with Crippen LogP contribution in [0.4, 0.5) is 0 Å². The van der Waals surface area contributed by atoms with Crippen LogP contribution in [0.15, 0.2) is 6.20 Å². The molecule has 0 aliphatic heterocycles. The van der Waals surface area contributed by atoms with Gasteiger partial charge in [-0.3, -0.25) is 5.10 Å². The molecule has 1 aromatic rings. The van der Waals surface area contributed by atoms with E-state index >= 15 is 0 Å². The number of likely N-dealkylation sites (N-methyl/N-ethyl adjacent to an activating group) is 2. The van der Waals surface area contributed by atoms with Crippen molar-refractivity contribution in [1.82, 2.24) is 20.4 Å². The SMILES string of the molecule is CNCCN(C)Cc1c[nH]nc1[C@H]1CC[C@H](COC)CC1. The highest BCUT2D eigenvalue weighted by Crippen LogP contribution is 2.36. The van der Waals surface area contributed by atoms with E-state index in [2.05, 4.69) is 33.7 Å². The molecule has 0 atom stereocenters. The number of aromatic nitrogens is 2. The molecule has 2 rings (SSSR count). The van der Waals surface area contributed by atoms with E-state index in [-0.39, 0.29) is 0 Å². The van der Waals surface area contributed by atoms with Crippen LogP contribution in [0.5, 0.6) is 0 Å². The minimum atomic E-state index is 0.622. The van der Waals surface area contributed by atoms with Gasteiger partial charge >= 0.3 is 0 Å². The normalized spacial score (nSPS) is 22.9. The largest absolute Gasteiger partial charge is 0.384 e. The molecule has 0 saturated heterocycles. The van der Waals surface area contributed by atoms with Crippen molar-refractivity contribution in [2.45, 2.75) is 38.1 Å². The Morgan fingerprint density at radius 1 is 1.38 bits per heavy atom. The van der Waals surface area contributed by atoms with Gasteiger partial charge in [0, 0.05) is 51.0 Å². The van der Waals surface area contributed by atoms with E-state index in [1.165, 1.54) is 36.9 Å². The predicted octanol–water partition coefficient (Wildman–Crippen LogP) is 1.98. The number of ether oxygens (including phenoxy) is 1. The number of hydrogen-bond acceptors (Lipinski definition) is 4. The fraction of sp³-hybridized carbons (Fsp3) is 0.812. The molecule has 2 N–H and O–H groups in total. The second-order valence-corrected chi connectivity index (χ2v) is 6.31. The number of methoxy groups -OCH3 is 1. The lowest BCUT2D eigenvalue weighted by molar-refractivity contribution is 0.126. The van der Waals surface area contributed by atoms with Crippen LogP contribution in [-0.4, -0.2) is 56.0 Å². The van der Waals surface area contributed by atoms with E-state index in [1.807, 2.05) is 7.05 Å². The zero-order valence-electron chi connectivity index (χ0n) is 13.7. The third kappa shape index (κ3) is 4.80. The summed E-state index contributed by atoms with van der Waals surface area (Å²) in [5.41, 5.74) is 2.66. The Labute approximate surface area is 128 Å². The van der Waals surface area contributed by atoms with Crippen LogP contribution in [0.1, 0.15) is 42.9 Å².